The number of anilines is 1. The summed E-state index contributed by atoms with van der Waals surface area (Å²) in [4.78, 5) is 61.3. The Morgan fingerprint density at radius 1 is 0.983 bits per heavy atom. The number of thioether (sulfide) groups is 2. The average molecular weight is 837 g/mol. The fourth-order valence-corrected chi connectivity index (χ4v) is 9.27. The van der Waals surface area contributed by atoms with Crippen molar-refractivity contribution in [3.8, 4) is 0 Å². The fourth-order valence-electron chi connectivity index (χ4n) is 6.24. The number of benzene rings is 3. The molecule has 1 saturated heterocycles. The van der Waals surface area contributed by atoms with Crippen LogP contribution in [0.15, 0.2) is 119 Å². The first-order chi connectivity index (χ1) is 27.9. The molecule has 0 aliphatic carbocycles. The number of nitrogens with one attached hydrogen (secondary N) is 2. The molecule has 3 amide bonds. The predicted molar refractivity (Wildman–Crippen MR) is 222 cm³/mol. The lowest BCUT2D eigenvalue weighted by Crippen LogP contribution is -2.70. The number of carbonyl (C=O) groups is 4. The van der Waals surface area contributed by atoms with E-state index in [-0.39, 0.29) is 16.4 Å². The molecule has 0 saturated carbocycles. The Bertz CT molecular complexity index is 2310. The SMILES string of the molecule is Cn1nnnc1SCC1=C(C(=O)OC(c2ccccc2)c2ccccc2)N2C(=O)[C@@H](NC(=O)/C(=C\Cc3ccccc3)c3csc(NC(=O)OC(C)(C)C)n3)[C@H]2SC1. The molecule has 298 valence electrons. The minimum Gasteiger partial charge on any atom is -0.448 e. The third-order valence-electron chi connectivity index (χ3n) is 8.93. The highest BCUT2D eigenvalue weighted by Crippen LogP contribution is 2.43. The van der Waals surface area contributed by atoms with E-state index in [9.17, 15) is 19.2 Å². The van der Waals surface area contributed by atoms with Gasteiger partial charge in [0.2, 0.25) is 5.16 Å². The number of thiazole rings is 1. The number of carbonyl (C=O) groups excluding carboxylic acids is 4. The van der Waals surface area contributed by atoms with Gasteiger partial charge in [0, 0.05) is 23.9 Å². The number of aryl methyl sites for hydroxylation is 1. The number of allylic oxidation sites excluding steroid dienone is 1. The van der Waals surface area contributed by atoms with E-state index < -0.39 is 47.0 Å². The number of rotatable bonds is 13. The Balaban J connectivity index is 1.15. The minimum atomic E-state index is -0.949. The summed E-state index contributed by atoms with van der Waals surface area (Å²) in [6, 6.07) is 27.5. The molecule has 5 aromatic rings. The molecule has 0 bridgehead atoms. The smallest absolute Gasteiger partial charge is 0.413 e. The van der Waals surface area contributed by atoms with E-state index >= 15 is 0 Å². The lowest BCUT2D eigenvalue weighted by Gasteiger charge is -2.50. The Labute approximate surface area is 347 Å². The van der Waals surface area contributed by atoms with Crippen molar-refractivity contribution in [2.75, 3.05) is 16.8 Å². The number of hydrogen-bond acceptors (Lipinski definition) is 13. The van der Waals surface area contributed by atoms with Crippen LogP contribution in [-0.4, -0.2) is 82.5 Å². The molecule has 2 aliphatic rings. The molecule has 58 heavy (non-hydrogen) atoms. The van der Waals surface area contributed by atoms with Crippen molar-refractivity contribution in [3.63, 3.8) is 0 Å². The van der Waals surface area contributed by atoms with Crippen molar-refractivity contribution in [2.45, 2.75) is 55.5 Å². The number of hydrogen-bond donors (Lipinski definition) is 2. The van der Waals surface area contributed by atoms with Crippen LogP contribution in [0.25, 0.3) is 5.57 Å². The van der Waals surface area contributed by atoms with Gasteiger partial charge in [0.15, 0.2) is 11.2 Å². The zero-order chi connectivity index (χ0) is 40.8. The standard InChI is InChI=1S/C41H40N8O6S3/c1-41(2,3)55-40(53)44-38-42-30(24-57-38)29(21-20-25-14-8-5-9-15-25)34(50)43-31-35(51)49-32(28(22-56-36(31)49)23-58-39-45-46-47-48(39)4)37(52)54-33(26-16-10-6-11-17-26)27-18-12-7-13-19-27/h5-19,21,24,31,33,36H,20,22-23H2,1-4H3,(H,43,50)(H,42,44,53)/b29-21-/t31-,36-/m1/s1. The van der Waals surface area contributed by atoms with Gasteiger partial charge in [-0.15, -0.1) is 28.2 Å². The van der Waals surface area contributed by atoms with Gasteiger partial charge in [-0.2, -0.15) is 0 Å². The molecule has 2 N–H and O–H groups in total. The van der Waals surface area contributed by atoms with Crippen LogP contribution >= 0.6 is 34.9 Å². The topological polar surface area (TPSA) is 171 Å². The van der Waals surface area contributed by atoms with E-state index in [1.807, 2.05) is 91.0 Å². The second-order valence-electron chi connectivity index (χ2n) is 14.3. The summed E-state index contributed by atoms with van der Waals surface area (Å²) in [6.45, 7) is 5.27. The van der Waals surface area contributed by atoms with Crippen LogP contribution in [0.4, 0.5) is 9.93 Å². The highest BCUT2D eigenvalue weighted by atomic mass is 32.2. The third-order valence-corrected chi connectivity index (χ3v) is 12.1. The van der Waals surface area contributed by atoms with Crippen LogP contribution in [-0.2, 0) is 37.3 Å². The molecule has 2 aromatic heterocycles. The Morgan fingerprint density at radius 3 is 2.26 bits per heavy atom. The van der Waals surface area contributed by atoms with Gasteiger partial charge in [0.1, 0.15) is 22.7 Å². The lowest BCUT2D eigenvalue weighted by atomic mass is 10.0. The summed E-state index contributed by atoms with van der Waals surface area (Å²) in [5, 5.41) is 19.1. The monoisotopic (exact) mass is 836 g/mol. The molecule has 2 aliphatic heterocycles. The zero-order valence-electron chi connectivity index (χ0n) is 32.0. The van der Waals surface area contributed by atoms with E-state index in [4.69, 9.17) is 9.47 Å². The van der Waals surface area contributed by atoms with Crippen molar-refractivity contribution in [1.29, 1.82) is 0 Å². The van der Waals surface area contributed by atoms with Gasteiger partial charge >= 0.3 is 12.1 Å². The number of tetrazole rings is 1. The van der Waals surface area contributed by atoms with Gasteiger partial charge in [-0.05, 0) is 59.9 Å². The molecule has 0 radical (unpaired) electrons. The van der Waals surface area contributed by atoms with Gasteiger partial charge in [-0.3, -0.25) is 19.8 Å². The summed E-state index contributed by atoms with van der Waals surface area (Å²) < 4.78 is 13.2. The second-order valence-corrected chi connectivity index (χ2v) is 17.2. The summed E-state index contributed by atoms with van der Waals surface area (Å²) in [5.41, 5.74) is 3.14. The van der Waals surface area contributed by atoms with Crippen molar-refractivity contribution in [1.82, 2.24) is 35.4 Å². The Hall–Kier alpha value is -5.78. The molecule has 1 fully saturated rings. The molecule has 4 heterocycles. The van der Waals surface area contributed by atoms with E-state index in [1.54, 1.807) is 39.3 Å². The van der Waals surface area contributed by atoms with Gasteiger partial charge in [0.05, 0.1) is 11.3 Å². The van der Waals surface area contributed by atoms with E-state index in [1.165, 1.54) is 33.1 Å². The second kappa shape index (κ2) is 17.8. The number of fused-ring (bicyclic) bond motifs is 1. The van der Waals surface area contributed by atoms with E-state index in [2.05, 4.69) is 31.1 Å². The molecular weight excluding hydrogens is 797 g/mol. The molecule has 17 heteroatoms. The lowest BCUT2D eigenvalue weighted by molar-refractivity contribution is -0.154. The number of nitrogens with zero attached hydrogens (tertiary/aromatic N) is 6. The number of amides is 3. The first-order valence-corrected chi connectivity index (χ1v) is 21.2. The number of aromatic nitrogens is 5. The number of esters is 1. The van der Waals surface area contributed by atoms with Crippen LogP contribution < -0.4 is 10.6 Å². The molecule has 7 rings (SSSR count). The summed E-state index contributed by atoms with van der Waals surface area (Å²) in [5.74, 6) is -0.946. The number of ether oxygens (including phenoxy) is 2. The van der Waals surface area contributed by atoms with Crippen molar-refractivity contribution in [3.05, 3.63) is 136 Å². The fraction of sp³-hybridized carbons (Fsp3) is 0.268. The van der Waals surface area contributed by atoms with Gasteiger partial charge in [-0.25, -0.2) is 19.3 Å². The van der Waals surface area contributed by atoms with Gasteiger partial charge < -0.3 is 14.8 Å². The molecule has 3 aromatic carbocycles. The highest BCUT2D eigenvalue weighted by Gasteiger charge is 2.55. The van der Waals surface area contributed by atoms with Gasteiger partial charge in [0.25, 0.3) is 11.8 Å². The summed E-state index contributed by atoms with van der Waals surface area (Å²) in [6.07, 6.45) is 0.737. The van der Waals surface area contributed by atoms with Crippen LogP contribution in [0.5, 0.6) is 0 Å². The maximum absolute atomic E-state index is 14.4. The van der Waals surface area contributed by atoms with Crippen LogP contribution in [0, 0.1) is 0 Å². The molecule has 2 atom stereocenters. The average Bonchev–Trinajstić information content (AvgIpc) is 3.86. The maximum Gasteiger partial charge on any atom is 0.413 e. The van der Waals surface area contributed by atoms with E-state index in [0.717, 1.165) is 28.0 Å². The normalized spacial score (nSPS) is 16.7. The summed E-state index contributed by atoms with van der Waals surface area (Å²) >= 11 is 3.92. The van der Waals surface area contributed by atoms with E-state index in [0.29, 0.717) is 34.3 Å². The maximum atomic E-state index is 14.4. The molecule has 14 nitrogen and oxygen atoms in total. The first kappa shape index (κ1) is 40.4. The third kappa shape index (κ3) is 9.49. The van der Waals surface area contributed by atoms with Crippen LogP contribution in [0.1, 0.15) is 49.3 Å². The quantitative estimate of drug-likeness (QED) is 0.0579. The van der Waals surface area contributed by atoms with Gasteiger partial charge in [-0.1, -0.05) is 109 Å². The Kier molecular flexibility index (Phi) is 12.4. The molecule has 0 spiro atoms. The molecular formula is C41H40N8O6S3. The van der Waals surface area contributed by atoms with Crippen molar-refractivity contribution >= 4 is 69.4 Å². The highest BCUT2D eigenvalue weighted by molar-refractivity contribution is 8.01. The minimum absolute atomic E-state index is 0.135. The largest absolute Gasteiger partial charge is 0.448 e. The first-order valence-electron chi connectivity index (χ1n) is 18.3. The summed E-state index contributed by atoms with van der Waals surface area (Å²) in [7, 11) is 1.72. The predicted octanol–water partition coefficient (Wildman–Crippen LogP) is 6.42. The number of β-lactam (4-membered cyclic amide) rings is 1. The van der Waals surface area contributed by atoms with Crippen molar-refractivity contribution < 1.29 is 28.7 Å². The van der Waals surface area contributed by atoms with Crippen LogP contribution in [0.2, 0.25) is 0 Å². The van der Waals surface area contributed by atoms with Crippen LogP contribution in [0.3, 0.4) is 0 Å². The Morgan fingerprint density at radius 2 is 1.64 bits per heavy atom. The molecule has 0 unspecified atom stereocenters. The van der Waals surface area contributed by atoms with Crippen molar-refractivity contribution in [2.24, 2.45) is 7.05 Å². The zero-order valence-corrected chi connectivity index (χ0v) is 34.5.